The van der Waals surface area contributed by atoms with Gasteiger partial charge in [-0.1, -0.05) is 12.1 Å². The van der Waals surface area contributed by atoms with Crippen LogP contribution < -0.4 is 14.4 Å². The number of rotatable bonds is 3. The van der Waals surface area contributed by atoms with Crippen molar-refractivity contribution in [3.05, 3.63) is 53.1 Å². The Bertz CT molecular complexity index is 935. The Kier molecular flexibility index (Phi) is 4.46. The molecule has 0 bridgehead atoms. The summed E-state index contributed by atoms with van der Waals surface area (Å²) in [6.45, 7) is 5.95. The van der Waals surface area contributed by atoms with E-state index in [-0.39, 0.29) is 18.7 Å². The third-order valence-corrected chi connectivity index (χ3v) is 5.23. The van der Waals surface area contributed by atoms with Gasteiger partial charge in [0.2, 0.25) is 12.7 Å². The van der Waals surface area contributed by atoms with E-state index < -0.39 is 0 Å². The second-order valence-corrected chi connectivity index (χ2v) is 7.02. The monoisotopic (exact) mass is 363 g/mol. The Morgan fingerprint density at radius 1 is 1.22 bits per heavy atom. The van der Waals surface area contributed by atoms with Gasteiger partial charge in [-0.05, 0) is 49.2 Å². The number of nitrogens with zero attached hydrogens (tertiary/aromatic N) is 3. The van der Waals surface area contributed by atoms with E-state index in [9.17, 15) is 10.1 Å². The number of carbonyl (C=O) groups excluding carboxylic acids is 1. The maximum Gasteiger partial charge on any atom is 0.241 e. The average molecular weight is 363 g/mol. The number of amides is 1. The SMILES string of the molecule is Cc1cc2c(cc1CN1CC(=O)N(c3ccccc3C#N)C[C@H]1C)OCO2. The fourth-order valence-electron chi connectivity index (χ4n) is 3.62. The summed E-state index contributed by atoms with van der Waals surface area (Å²) in [6.07, 6.45) is 0. The standard InChI is InChI=1S/C21H21N3O3/c1-14-7-19-20(27-13-26-19)8-17(14)11-23-12-21(25)24(10-15(23)2)18-6-4-3-5-16(18)9-22/h3-8,15H,10-13H2,1-2H3/t15-/m1/s1. The number of hydrogen-bond acceptors (Lipinski definition) is 5. The van der Waals surface area contributed by atoms with Crippen molar-refractivity contribution in [1.82, 2.24) is 4.90 Å². The lowest BCUT2D eigenvalue weighted by molar-refractivity contribution is -0.122. The lowest BCUT2D eigenvalue weighted by Gasteiger charge is -2.39. The van der Waals surface area contributed by atoms with Crippen molar-refractivity contribution >= 4 is 11.6 Å². The fraction of sp³-hybridized carbons (Fsp3) is 0.333. The Labute approximate surface area is 158 Å². The fourth-order valence-corrected chi connectivity index (χ4v) is 3.62. The number of anilines is 1. The highest BCUT2D eigenvalue weighted by molar-refractivity contribution is 5.96. The normalized spacial score (nSPS) is 19.2. The Morgan fingerprint density at radius 2 is 1.96 bits per heavy atom. The summed E-state index contributed by atoms with van der Waals surface area (Å²) < 4.78 is 10.9. The van der Waals surface area contributed by atoms with E-state index in [0.717, 1.165) is 22.6 Å². The zero-order chi connectivity index (χ0) is 19.0. The number of nitriles is 1. The Morgan fingerprint density at radius 3 is 2.74 bits per heavy atom. The van der Waals surface area contributed by atoms with Crippen LogP contribution in [0.4, 0.5) is 5.69 Å². The minimum atomic E-state index is 0.00852. The molecule has 0 radical (unpaired) electrons. The number of hydrogen-bond donors (Lipinski definition) is 0. The first-order valence-electron chi connectivity index (χ1n) is 8.99. The summed E-state index contributed by atoms with van der Waals surface area (Å²) in [6, 6.07) is 13.6. The van der Waals surface area contributed by atoms with Crippen LogP contribution in [0.1, 0.15) is 23.6 Å². The van der Waals surface area contributed by atoms with Gasteiger partial charge in [-0.2, -0.15) is 5.26 Å². The van der Waals surface area contributed by atoms with Crippen molar-refractivity contribution in [1.29, 1.82) is 5.26 Å². The number of para-hydroxylation sites is 1. The number of carbonyl (C=O) groups is 1. The quantitative estimate of drug-likeness (QED) is 0.839. The summed E-state index contributed by atoms with van der Waals surface area (Å²) in [5.74, 6) is 1.55. The third-order valence-electron chi connectivity index (χ3n) is 5.23. The Balaban J connectivity index is 1.53. The highest BCUT2D eigenvalue weighted by Crippen LogP contribution is 2.35. The molecular weight excluding hydrogens is 342 g/mol. The van der Waals surface area contributed by atoms with Crippen molar-refractivity contribution in [3.8, 4) is 17.6 Å². The second kappa shape index (κ2) is 6.93. The lowest BCUT2D eigenvalue weighted by atomic mass is 10.0. The van der Waals surface area contributed by atoms with Crippen LogP contribution in [-0.4, -0.2) is 36.7 Å². The summed E-state index contributed by atoms with van der Waals surface area (Å²) in [5.41, 5.74) is 3.47. The van der Waals surface area contributed by atoms with Crippen molar-refractivity contribution in [3.63, 3.8) is 0 Å². The van der Waals surface area contributed by atoms with Gasteiger partial charge < -0.3 is 14.4 Å². The number of aryl methyl sites for hydroxylation is 1. The molecular formula is C21H21N3O3. The minimum absolute atomic E-state index is 0.00852. The molecule has 6 heteroatoms. The highest BCUT2D eigenvalue weighted by atomic mass is 16.7. The molecule has 6 nitrogen and oxygen atoms in total. The molecule has 4 rings (SSSR count). The van der Waals surface area contributed by atoms with Crippen molar-refractivity contribution in [2.24, 2.45) is 0 Å². The maximum atomic E-state index is 12.8. The molecule has 0 aliphatic carbocycles. The number of benzene rings is 2. The van der Waals surface area contributed by atoms with Crippen LogP contribution in [0.5, 0.6) is 11.5 Å². The molecule has 0 spiro atoms. The first-order chi connectivity index (χ1) is 13.1. The predicted octanol–water partition coefficient (Wildman–Crippen LogP) is 2.83. The number of piperazine rings is 1. The average Bonchev–Trinajstić information content (AvgIpc) is 3.11. The van der Waals surface area contributed by atoms with Gasteiger partial charge in [-0.25, -0.2) is 0 Å². The molecule has 0 saturated carbocycles. The van der Waals surface area contributed by atoms with E-state index in [1.54, 1.807) is 11.0 Å². The van der Waals surface area contributed by atoms with Crippen LogP contribution in [-0.2, 0) is 11.3 Å². The predicted molar refractivity (Wildman–Crippen MR) is 101 cm³/mol. The molecule has 2 aliphatic rings. The van der Waals surface area contributed by atoms with Gasteiger partial charge in [0.1, 0.15) is 6.07 Å². The molecule has 2 heterocycles. The van der Waals surface area contributed by atoms with Gasteiger partial charge in [0.05, 0.1) is 17.8 Å². The molecule has 2 aromatic carbocycles. The largest absolute Gasteiger partial charge is 0.454 e. The van der Waals surface area contributed by atoms with Crippen LogP contribution in [0.2, 0.25) is 0 Å². The van der Waals surface area contributed by atoms with E-state index in [4.69, 9.17) is 9.47 Å². The Hall–Kier alpha value is -3.04. The van der Waals surface area contributed by atoms with Gasteiger partial charge in [-0.3, -0.25) is 9.69 Å². The smallest absolute Gasteiger partial charge is 0.241 e. The molecule has 2 aromatic rings. The van der Waals surface area contributed by atoms with Gasteiger partial charge in [0.15, 0.2) is 11.5 Å². The zero-order valence-corrected chi connectivity index (χ0v) is 15.4. The molecule has 0 aromatic heterocycles. The molecule has 2 aliphatic heterocycles. The lowest BCUT2D eigenvalue weighted by Crippen LogP contribution is -2.55. The van der Waals surface area contributed by atoms with Gasteiger partial charge in [-0.15, -0.1) is 0 Å². The van der Waals surface area contributed by atoms with Crippen LogP contribution in [0.15, 0.2) is 36.4 Å². The van der Waals surface area contributed by atoms with Crippen molar-refractivity contribution < 1.29 is 14.3 Å². The van der Waals surface area contributed by atoms with E-state index in [1.807, 2.05) is 37.3 Å². The first-order valence-corrected chi connectivity index (χ1v) is 8.99. The van der Waals surface area contributed by atoms with E-state index in [0.29, 0.717) is 30.9 Å². The van der Waals surface area contributed by atoms with E-state index in [1.165, 1.54) is 0 Å². The molecule has 27 heavy (non-hydrogen) atoms. The molecule has 0 N–H and O–H groups in total. The summed E-state index contributed by atoms with van der Waals surface area (Å²) >= 11 is 0. The van der Waals surface area contributed by atoms with Crippen LogP contribution in [0.3, 0.4) is 0 Å². The molecule has 138 valence electrons. The highest BCUT2D eigenvalue weighted by Gasteiger charge is 2.32. The topological polar surface area (TPSA) is 65.8 Å². The van der Waals surface area contributed by atoms with Crippen molar-refractivity contribution in [2.75, 3.05) is 24.8 Å². The van der Waals surface area contributed by atoms with Crippen LogP contribution in [0.25, 0.3) is 0 Å². The minimum Gasteiger partial charge on any atom is -0.454 e. The molecule has 1 amide bonds. The van der Waals surface area contributed by atoms with Crippen molar-refractivity contribution in [2.45, 2.75) is 26.4 Å². The summed E-state index contributed by atoms with van der Waals surface area (Å²) in [4.78, 5) is 16.7. The molecule has 0 unspecified atom stereocenters. The van der Waals surface area contributed by atoms with E-state index in [2.05, 4.69) is 17.9 Å². The summed E-state index contributed by atoms with van der Waals surface area (Å²) in [5, 5.41) is 9.34. The molecule has 1 saturated heterocycles. The number of fused-ring (bicyclic) bond motifs is 1. The summed E-state index contributed by atoms with van der Waals surface area (Å²) in [7, 11) is 0. The zero-order valence-electron chi connectivity index (χ0n) is 15.4. The molecule has 1 atom stereocenters. The van der Waals surface area contributed by atoms with E-state index >= 15 is 0 Å². The first kappa shape index (κ1) is 17.4. The molecule has 1 fully saturated rings. The third kappa shape index (κ3) is 3.22. The van der Waals surface area contributed by atoms with Crippen LogP contribution >= 0.6 is 0 Å². The van der Waals surface area contributed by atoms with Gasteiger partial charge in [0.25, 0.3) is 0 Å². The van der Waals surface area contributed by atoms with Gasteiger partial charge in [0, 0.05) is 19.1 Å². The maximum absolute atomic E-state index is 12.8. The van der Waals surface area contributed by atoms with Gasteiger partial charge >= 0.3 is 0 Å². The second-order valence-electron chi connectivity index (χ2n) is 7.02. The number of ether oxygens (including phenoxy) is 2. The van der Waals surface area contributed by atoms with Crippen LogP contribution in [0, 0.1) is 18.3 Å².